The van der Waals surface area contributed by atoms with E-state index in [2.05, 4.69) is 20.1 Å². The van der Waals surface area contributed by atoms with Crippen molar-refractivity contribution in [2.45, 2.75) is 37.9 Å². The van der Waals surface area contributed by atoms with Crippen molar-refractivity contribution >= 4 is 34.3 Å². The summed E-state index contributed by atoms with van der Waals surface area (Å²) in [6.45, 7) is 2.68. The second kappa shape index (κ2) is 9.40. The van der Waals surface area contributed by atoms with Crippen LogP contribution in [0.5, 0.6) is 0 Å². The van der Waals surface area contributed by atoms with E-state index < -0.39 is 0 Å². The summed E-state index contributed by atoms with van der Waals surface area (Å²) in [5, 5.41) is 5.89. The van der Waals surface area contributed by atoms with Gasteiger partial charge in [-0.25, -0.2) is 4.98 Å². The topological polar surface area (TPSA) is 86.7 Å². The van der Waals surface area contributed by atoms with Gasteiger partial charge in [-0.15, -0.1) is 0 Å². The summed E-state index contributed by atoms with van der Waals surface area (Å²) in [5.74, 6) is 1.92. The Balaban J connectivity index is 1.44. The summed E-state index contributed by atoms with van der Waals surface area (Å²) >= 11 is 7.64. The minimum atomic E-state index is -0.0279. The first-order valence-corrected chi connectivity index (χ1v) is 11.1. The number of fused-ring (bicyclic) bond motifs is 1. The maximum absolute atomic E-state index is 12.9. The largest absolute Gasteiger partial charge is 0.339 e. The third kappa shape index (κ3) is 4.55. The van der Waals surface area contributed by atoms with E-state index in [1.165, 1.54) is 0 Å². The molecule has 0 radical (unpaired) electrons. The Labute approximate surface area is 182 Å². The Morgan fingerprint density at radius 2 is 2.00 bits per heavy atom. The number of aryl methyl sites for hydroxylation is 1. The van der Waals surface area contributed by atoms with Crippen LogP contribution in [0, 0.1) is 0 Å². The van der Waals surface area contributed by atoms with E-state index in [1.54, 1.807) is 46.9 Å². The van der Waals surface area contributed by atoms with Crippen LogP contribution in [0.2, 0.25) is 5.02 Å². The predicted octanol–water partition coefficient (Wildman–Crippen LogP) is 4.63. The van der Waals surface area contributed by atoms with E-state index in [0.29, 0.717) is 45.8 Å². The third-order valence-corrected chi connectivity index (χ3v) is 5.80. The van der Waals surface area contributed by atoms with Gasteiger partial charge in [-0.1, -0.05) is 35.4 Å². The van der Waals surface area contributed by atoms with E-state index in [0.717, 1.165) is 24.2 Å². The van der Waals surface area contributed by atoms with Gasteiger partial charge in [0.25, 0.3) is 5.56 Å². The number of thioether (sulfide) groups is 1. The SMILES string of the molecule is CCCn1c(SCCCc2nc(-c3ccncc3)no2)nc2cc(Cl)ccc2c1=O. The minimum Gasteiger partial charge on any atom is -0.339 e. The summed E-state index contributed by atoms with van der Waals surface area (Å²) in [4.78, 5) is 26.0. The van der Waals surface area contributed by atoms with Crippen molar-refractivity contribution in [3.63, 3.8) is 0 Å². The van der Waals surface area contributed by atoms with Gasteiger partial charge in [0.1, 0.15) is 0 Å². The molecule has 154 valence electrons. The number of benzene rings is 1. The van der Waals surface area contributed by atoms with E-state index in [-0.39, 0.29) is 5.56 Å². The van der Waals surface area contributed by atoms with Gasteiger partial charge < -0.3 is 4.52 Å². The maximum atomic E-state index is 12.9. The first kappa shape index (κ1) is 20.6. The summed E-state index contributed by atoms with van der Waals surface area (Å²) < 4.78 is 7.09. The molecular weight excluding hydrogens is 422 g/mol. The van der Waals surface area contributed by atoms with Gasteiger partial charge in [0.2, 0.25) is 11.7 Å². The van der Waals surface area contributed by atoms with E-state index in [4.69, 9.17) is 16.1 Å². The van der Waals surface area contributed by atoms with E-state index in [9.17, 15) is 4.79 Å². The molecule has 0 saturated carbocycles. The Hall–Kier alpha value is -2.71. The van der Waals surface area contributed by atoms with Crippen molar-refractivity contribution in [3.8, 4) is 11.4 Å². The van der Waals surface area contributed by atoms with Crippen LogP contribution in [-0.4, -0.2) is 30.4 Å². The number of halogens is 1. The minimum absolute atomic E-state index is 0.0279. The molecule has 0 amide bonds. The number of aromatic nitrogens is 5. The molecule has 0 spiro atoms. The quantitative estimate of drug-likeness (QED) is 0.224. The molecule has 0 atom stereocenters. The highest BCUT2D eigenvalue weighted by molar-refractivity contribution is 7.99. The summed E-state index contributed by atoms with van der Waals surface area (Å²) in [5.41, 5.74) is 1.47. The highest BCUT2D eigenvalue weighted by Crippen LogP contribution is 2.22. The van der Waals surface area contributed by atoms with E-state index >= 15 is 0 Å². The molecule has 0 aliphatic rings. The lowest BCUT2D eigenvalue weighted by molar-refractivity contribution is 0.378. The van der Waals surface area contributed by atoms with Crippen LogP contribution >= 0.6 is 23.4 Å². The second-order valence-electron chi connectivity index (χ2n) is 6.71. The first-order valence-electron chi connectivity index (χ1n) is 9.71. The van der Waals surface area contributed by atoms with Gasteiger partial charge in [-0.3, -0.25) is 14.3 Å². The molecule has 4 aromatic rings. The van der Waals surface area contributed by atoms with Crippen molar-refractivity contribution < 1.29 is 4.52 Å². The van der Waals surface area contributed by atoms with Gasteiger partial charge in [0.05, 0.1) is 10.9 Å². The van der Waals surface area contributed by atoms with Crippen LogP contribution in [0.4, 0.5) is 0 Å². The average molecular weight is 442 g/mol. The Morgan fingerprint density at radius 1 is 1.17 bits per heavy atom. The van der Waals surface area contributed by atoms with Crippen molar-refractivity contribution in [2.75, 3.05) is 5.75 Å². The lowest BCUT2D eigenvalue weighted by Gasteiger charge is -2.12. The number of hydrogen-bond donors (Lipinski definition) is 0. The molecule has 0 fully saturated rings. The van der Waals surface area contributed by atoms with Gasteiger partial charge >= 0.3 is 0 Å². The van der Waals surface area contributed by atoms with Gasteiger partial charge in [0.15, 0.2) is 5.16 Å². The fourth-order valence-corrected chi connectivity index (χ4v) is 4.20. The zero-order valence-electron chi connectivity index (χ0n) is 16.4. The van der Waals surface area contributed by atoms with Gasteiger partial charge in [-0.05, 0) is 43.2 Å². The molecule has 7 nitrogen and oxygen atoms in total. The lowest BCUT2D eigenvalue weighted by Crippen LogP contribution is -2.23. The standard InChI is InChI=1S/C21H20ClN5O2S/c1-2-11-27-20(28)16-6-5-15(22)13-17(16)24-21(27)30-12-3-4-18-25-19(26-29-18)14-7-9-23-10-8-14/h5-10,13H,2-4,11-12H2,1H3. The lowest BCUT2D eigenvalue weighted by atomic mass is 10.2. The first-order chi connectivity index (χ1) is 14.7. The van der Waals surface area contributed by atoms with Crippen LogP contribution in [0.1, 0.15) is 25.7 Å². The van der Waals surface area contributed by atoms with Gasteiger partial charge in [-0.2, -0.15) is 4.98 Å². The average Bonchev–Trinajstić information content (AvgIpc) is 3.23. The molecule has 0 bridgehead atoms. The number of rotatable bonds is 8. The zero-order valence-corrected chi connectivity index (χ0v) is 18.0. The molecule has 9 heteroatoms. The van der Waals surface area contributed by atoms with Crippen LogP contribution in [0.25, 0.3) is 22.3 Å². The molecule has 30 heavy (non-hydrogen) atoms. The number of nitrogens with zero attached hydrogens (tertiary/aromatic N) is 5. The molecule has 0 unspecified atom stereocenters. The van der Waals surface area contributed by atoms with Crippen LogP contribution in [-0.2, 0) is 13.0 Å². The molecular formula is C21H20ClN5O2S. The maximum Gasteiger partial charge on any atom is 0.262 e. The molecule has 1 aromatic carbocycles. The Morgan fingerprint density at radius 3 is 2.80 bits per heavy atom. The summed E-state index contributed by atoms with van der Waals surface area (Å²) in [7, 11) is 0. The smallest absolute Gasteiger partial charge is 0.262 e. The van der Waals surface area contributed by atoms with Crippen molar-refractivity contribution in [2.24, 2.45) is 0 Å². The number of pyridine rings is 1. The molecule has 0 saturated heterocycles. The van der Waals surface area contributed by atoms with Gasteiger partial charge in [0, 0.05) is 41.7 Å². The van der Waals surface area contributed by atoms with Crippen LogP contribution in [0.3, 0.4) is 0 Å². The zero-order chi connectivity index (χ0) is 20.9. The van der Waals surface area contributed by atoms with Crippen molar-refractivity contribution in [1.29, 1.82) is 0 Å². The molecule has 4 rings (SSSR count). The summed E-state index contributed by atoms with van der Waals surface area (Å²) in [6.07, 6.45) is 5.72. The van der Waals surface area contributed by atoms with Crippen LogP contribution < -0.4 is 5.56 Å². The Bertz CT molecular complexity index is 1210. The van der Waals surface area contributed by atoms with E-state index in [1.807, 2.05) is 19.1 Å². The fourth-order valence-electron chi connectivity index (χ4n) is 3.07. The third-order valence-electron chi connectivity index (χ3n) is 4.50. The Kier molecular flexibility index (Phi) is 6.44. The normalized spacial score (nSPS) is 11.3. The fraction of sp³-hybridized carbons (Fsp3) is 0.286. The molecule has 0 aliphatic heterocycles. The molecule has 3 heterocycles. The monoisotopic (exact) mass is 441 g/mol. The van der Waals surface area contributed by atoms with Crippen molar-refractivity contribution in [3.05, 3.63) is 64.0 Å². The second-order valence-corrected chi connectivity index (χ2v) is 8.21. The van der Waals surface area contributed by atoms with Crippen LogP contribution in [0.15, 0.2) is 57.2 Å². The highest BCUT2D eigenvalue weighted by Gasteiger charge is 2.12. The predicted molar refractivity (Wildman–Crippen MR) is 118 cm³/mol. The number of hydrogen-bond acceptors (Lipinski definition) is 7. The molecule has 0 N–H and O–H groups in total. The highest BCUT2D eigenvalue weighted by atomic mass is 35.5. The van der Waals surface area contributed by atoms with Crippen molar-refractivity contribution in [1.82, 2.24) is 24.7 Å². The molecule has 0 aliphatic carbocycles. The summed E-state index contributed by atoms with van der Waals surface area (Å²) in [6, 6.07) is 8.88. The molecule has 3 aromatic heterocycles.